The van der Waals surface area contributed by atoms with Gasteiger partial charge in [-0.3, -0.25) is 0 Å². The Labute approximate surface area is 98.9 Å². The van der Waals surface area contributed by atoms with Crippen molar-refractivity contribution in [1.29, 1.82) is 0 Å². The quantitative estimate of drug-likeness (QED) is 0.523. The molecule has 1 aromatic carbocycles. The summed E-state index contributed by atoms with van der Waals surface area (Å²) in [5.74, 6) is 0. The van der Waals surface area contributed by atoms with Gasteiger partial charge in [0.05, 0.1) is 3.81 Å². The van der Waals surface area contributed by atoms with E-state index in [1.807, 2.05) is 6.07 Å². The largest absolute Gasteiger partial charge is 0.0828 e. The first-order valence-corrected chi connectivity index (χ1v) is 6.52. The van der Waals surface area contributed by atoms with Crippen LogP contribution in [0.5, 0.6) is 0 Å². The van der Waals surface area contributed by atoms with Gasteiger partial charge in [-0.2, -0.15) is 0 Å². The summed E-state index contributed by atoms with van der Waals surface area (Å²) in [6, 6.07) is 10.4. The Balaban J connectivity index is 2.40. The van der Waals surface area contributed by atoms with E-state index < -0.39 is 0 Å². The predicted molar refractivity (Wildman–Crippen MR) is 68.8 cm³/mol. The van der Waals surface area contributed by atoms with E-state index in [9.17, 15) is 0 Å². The minimum atomic E-state index is 1.16. The average Bonchev–Trinajstić information content (AvgIpc) is 2.20. The molecular weight excluding hydrogens is 256 g/mol. The van der Waals surface area contributed by atoms with E-state index in [0.29, 0.717) is 0 Å². The van der Waals surface area contributed by atoms with E-state index in [4.69, 9.17) is 0 Å². The fraction of sp³-hybridized carbons (Fsp3) is 0.333. The van der Waals surface area contributed by atoms with Crippen LogP contribution in [0.25, 0.3) is 0 Å². The Hall–Kier alpha value is -0.210. The van der Waals surface area contributed by atoms with Crippen molar-refractivity contribution < 1.29 is 0 Å². The van der Waals surface area contributed by atoms with Gasteiger partial charge >= 0.3 is 0 Å². The highest BCUT2D eigenvalue weighted by atomic mass is 79.9. The van der Waals surface area contributed by atoms with Crippen molar-refractivity contribution in [1.82, 2.24) is 0 Å². The molecule has 0 aromatic heterocycles. The van der Waals surface area contributed by atoms with Gasteiger partial charge in [-0.15, -0.1) is 0 Å². The molecule has 0 amide bonds. The summed E-state index contributed by atoms with van der Waals surface area (Å²) in [5, 5.41) is 0. The lowest BCUT2D eigenvalue weighted by Crippen LogP contribution is -1.71. The summed E-state index contributed by atoms with van der Waals surface area (Å²) in [7, 11) is 0. The minimum Gasteiger partial charge on any atom is -0.0828 e. The van der Waals surface area contributed by atoms with Gasteiger partial charge in [0, 0.05) is 4.90 Å². The Bertz CT molecular complexity index is 280. The van der Waals surface area contributed by atoms with Crippen molar-refractivity contribution in [2.24, 2.45) is 0 Å². The molecule has 0 bridgehead atoms. The highest BCUT2D eigenvalue weighted by Gasteiger charge is 1.95. The topological polar surface area (TPSA) is 0 Å². The molecule has 0 saturated carbocycles. The molecule has 0 aliphatic rings. The second kappa shape index (κ2) is 7.13. The molecule has 0 atom stereocenters. The number of hydrogen-bond donors (Lipinski definition) is 0. The van der Waals surface area contributed by atoms with Crippen molar-refractivity contribution in [2.75, 3.05) is 0 Å². The first kappa shape index (κ1) is 11.9. The van der Waals surface area contributed by atoms with E-state index in [0.717, 1.165) is 6.42 Å². The average molecular weight is 271 g/mol. The standard InChI is InChI=1S/C12H15BrS/c1-2-3-5-10-12(13)14-11-8-6-4-7-9-11/h4,6-10H,2-3,5H2,1H3/b12-10+. The second-order valence-corrected chi connectivity index (χ2v) is 5.56. The van der Waals surface area contributed by atoms with Crippen molar-refractivity contribution >= 4 is 27.7 Å². The third kappa shape index (κ3) is 4.87. The molecule has 0 heterocycles. The first-order chi connectivity index (χ1) is 6.83. The zero-order valence-corrected chi connectivity index (χ0v) is 10.8. The van der Waals surface area contributed by atoms with E-state index in [1.165, 1.54) is 21.6 Å². The van der Waals surface area contributed by atoms with Crippen LogP contribution in [0.1, 0.15) is 26.2 Å². The van der Waals surface area contributed by atoms with E-state index >= 15 is 0 Å². The van der Waals surface area contributed by atoms with Gasteiger partial charge in [-0.1, -0.05) is 55.8 Å². The number of unbranched alkanes of at least 4 members (excludes halogenated alkanes) is 2. The van der Waals surface area contributed by atoms with Crippen LogP contribution in [-0.2, 0) is 0 Å². The van der Waals surface area contributed by atoms with Crippen molar-refractivity contribution in [2.45, 2.75) is 31.1 Å². The zero-order chi connectivity index (χ0) is 10.2. The molecule has 14 heavy (non-hydrogen) atoms. The molecule has 0 aliphatic carbocycles. The van der Waals surface area contributed by atoms with Gasteiger partial charge in [0.1, 0.15) is 0 Å². The molecule has 0 unspecified atom stereocenters. The molecule has 0 N–H and O–H groups in total. The van der Waals surface area contributed by atoms with Gasteiger partial charge in [-0.25, -0.2) is 0 Å². The van der Waals surface area contributed by atoms with Crippen molar-refractivity contribution in [3.8, 4) is 0 Å². The van der Waals surface area contributed by atoms with Crippen LogP contribution in [0, 0.1) is 0 Å². The number of hydrogen-bond acceptors (Lipinski definition) is 1. The van der Waals surface area contributed by atoms with Crippen LogP contribution in [0.2, 0.25) is 0 Å². The third-order valence-electron chi connectivity index (χ3n) is 1.82. The van der Waals surface area contributed by atoms with Gasteiger partial charge in [0.15, 0.2) is 0 Å². The van der Waals surface area contributed by atoms with Crippen LogP contribution in [0.4, 0.5) is 0 Å². The molecular formula is C12H15BrS. The number of allylic oxidation sites excluding steroid dienone is 1. The lowest BCUT2D eigenvalue weighted by molar-refractivity contribution is 0.815. The lowest BCUT2D eigenvalue weighted by Gasteiger charge is -1.99. The number of halogens is 1. The summed E-state index contributed by atoms with van der Waals surface area (Å²) in [4.78, 5) is 1.28. The van der Waals surface area contributed by atoms with Crippen LogP contribution < -0.4 is 0 Å². The summed E-state index contributed by atoms with van der Waals surface area (Å²) >= 11 is 5.34. The fourth-order valence-electron chi connectivity index (χ4n) is 1.06. The van der Waals surface area contributed by atoms with E-state index in [-0.39, 0.29) is 0 Å². The maximum atomic E-state index is 3.57. The Morgan fingerprint density at radius 3 is 2.71 bits per heavy atom. The maximum absolute atomic E-state index is 3.57. The molecule has 0 saturated heterocycles. The lowest BCUT2D eigenvalue weighted by atomic mass is 10.2. The third-order valence-corrected chi connectivity index (χ3v) is 3.50. The molecule has 76 valence electrons. The van der Waals surface area contributed by atoms with Crippen LogP contribution in [0.3, 0.4) is 0 Å². The molecule has 0 aliphatic heterocycles. The summed E-state index contributed by atoms with van der Waals surface area (Å²) < 4.78 is 1.22. The molecule has 2 heteroatoms. The SMILES string of the molecule is CCCC/C=C(\Br)Sc1ccccc1. The summed E-state index contributed by atoms with van der Waals surface area (Å²) in [6.07, 6.45) is 5.94. The van der Waals surface area contributed by atoms with Gasteiger partial charge in [0.2, 0.25) is 0 Å². The monoisotopic (exact) mass is 270 g/mol. The Morgan fingerprint density at radius 1 is 1.36 bits per heavy atom. The first-order valence-electron chi connectivity index (χ1n) is 4.91. The van der Waals surface area contributed by atoms with Gasteiger partial charge < -0.3 is 0 Å². The van der Waals surface area contributed by atoms with Crippen molar-refractivity contribution in [3.05, 3.63) is 40.2 Å². The molecule has 0 spiro atoms. The highest BCUT2D eigenvalue weighted by molar-refractivity contribution is 9.14. The predicted octanol–water partition coefficient (Wildman–Crippen LogP) is 5.21. The van der Waals surface area contributed by atoms with E-state index in [1.54, 1.807) is 11.8 Å². The number of rotatable bonds is 5. The van der Waals surface area contributed by atoms with Crippen LogP contribution >= 0.6 is 27.7 Å². The molecule has 1 rings (SSSR count). The Kier molecular flexibility index (Phi) is 6.04. The van der Waals surface area contributed by atoms with Crippen LogP contribution in [-0.4, -0.2) is 0 Å². The summed E-state index contributed by atoms with van der Waals surface area (Å²) in [5.41, 5.74) is 0. The molecule has 1 aromatic rings. The number of benzene rings is 1. The minimum absolute atomic E-state index is 1.16. The number of thioether (sulfide) groups is 1. The normalized spacial score (nSPS) is 11.7. The van der Waals surface area contributed by atoms with Crippen molar-refractivity contribution in [3.63, 3.8) is 0 Å². The van der Waals surface area contributed by atoms with Gasteiger partial charge in [-0.05, 0) is 34.5 Å². The van der Waals surface area contributed by atoms with Crippen LogP contribution in [0.15, 0.2) is 45.1 Å². The van der Waals surface area contributed by atoms with E-state index in [2.05, 4.69) is 53.2 Å². The van der Waals surface area contributed by atoms with Gasteiger partial charge in [0.25, 0.3) is 0 Å². The fourth-order valence-corrected chi connectivity index (χ4v) is 2.57. The zero-order valence-electron chi connectivity index (χ0n) is 8.37. The second-order valence-electron chi connectivity index (χ2n) is 3.07. The Morgan fingerprint density at radius 2 is 2.07 bits per heavy atom. The molecule has 0 nitrogen and oxygen atoms in total. The molecule has 0 radical (unpaired) electrons. The maximum Gasteiger partial charge on any atom is 0.0511 e. The highest BCUT2D eigenvalue weighted by Crippen LogP contribution is 2.30. The summed E-state index contributed by atoms with van der Waals surface area (Å²) in [6.45, 7) is 2.21. The smallest absolute Gasteiger partial charge is 0.0511 e. The molecule has 0 fully saturated rings.